The van der Waals surface area contributed by atoms with Gasteiger partial charge in [0.25, 0.3) is 0 Å². The molecule has 0 fully saturated rings. The molecule has 0 bridgehead atoms. The summed E-state index contributed by atoms with van der Waals surface area (Å²) in [6, 6.07) is 10.7. The largest absolute Gasteiger partial charge is 0.376 e. The molecular formula is C19H24N4O3S. The Bertz CT molecular complexity index is 775. The molecule has 1 heterocycles. The number of urea groups is 1. The van der Waals surface area contributed by atoms with Crippen LogP contribution in [0.25, 0.3) is 0 Å². The minimum Gasteiger partial charge on any atom is -0.376 e. The Kier molecular flexibility index (Phi) is 7.81. The summed E-state index contributed by atoms with van der Waals surface area (Å²) in [5, 5.41) is 9.90. The van der Waals surface area contributed by atoms with E-state index in [4.69, 9.17) is 0 Å². The average Bonchev–Trinajstić information content (AvgIpc) is 3.14. The number of benzene rings is 1. The summed E-state index contributed by atoms with van der Waals surface area (Å²) in [4.78, 5) is 38.3. The number of nitrogens with zero attached hydrogens (tertiary/aromatic N) is 1. The van der Waals surface area contributed by atoms with E-state index in [9.17, 15) is 14.4 Å². The molecule has 27 heavy (non-hydrogen) atoms. The van der Waals surface area contributed by atoms with E-state index in [1.54, 1.807) is 31.5 Å². The number of imide groups is 1. The SMILES string of the molecule is CN(C)C(=O)Cc1ccccc1NCC(=O)NC(=O)NCCc1cccs1. The van der Waals surface area contributed by atoms with Crippen molar-refractivity contribution in [2.45, 2.75) is 12.8 Å². The minimum atomic E-state index is -0.519. The molecule has 0 saturated heterocycles. The van der Waals surface area contributed by atoms with E-state index in [0.717, 1.165) is 12.0 Å². The summed E-state index contributed by atoms with van der Waals surface area (Å²) >= 11 is 1.63. The summed E-state index contributed by atoms with van der Waals surface area (Å²) < 4.78 is 0. The molecule has 0 unspecified atom stereocenters. The molecule has 2 rings (SSSR count). The molecule has 1 aromatic carbocycles. The molecule has 7 nitrogen and oxygen atoms in total. The zero-order chi connectivity index (χ0) is 19.6. The second kappa shape index (κ2) is 10.3. The summed E-state index contributed by atoms with van der Waals surface area (Å²) in [5.74, 6) is -0.476. The Labute approximate surface area is 162 Å². The van der Waals surface area contributed by atoms with Crippen LogP contribution in [0.15, 0.2) is 41.8 Å². The highest BCUT2D eigenvalue weighted by Crippen LogP contribution is 2.16. The van der Waals surface area contributed by atoms with Crippen molar-refractivity contribution in [2.75, 3.05) is 32.5 Å². The third kappa shape index (κ3) is 7.10. The first-order valence-electron chi connectivity index (χ1n) is 8.57. The maximum Gasteiger partial charge on any atom is 0.321 e. The molecule has 0 radical (unpaired) electrons. The van der Waals surface area contributed by atoms with Crippen LogP contribution in [-0.2, 0) is 22.4 Å². The number of carbonyl (C=O) groups excluding carboxylic acids is 3. The molecule has 1 aromatic heterocycles. The standard InChI is InChI=1S/C19H24N4O3S/c1-23(2)18(25)12-14-6-3-4-8-16(14)21-13-17(24)22-19(26)20-10-9-15-7-5-11-27-15/h3-8,11,21H,9-10,12-13H2,1-2H3,(H2,20,22,24,26). The topological polar surface area (TPSA) is 90.5 Å². The number of amides is 4. The average molecular weight is 388 g/mol. The molecule has 0 aliphatic rings. The second-order valence-corrected chi connectivity index (χ2v) is 7.14. The van der Waals surface area contributed by atoms with Gasteiger partial charge in [-0.2, -0.15) is 0 Å². The van der Waals surface area contributed by atoms with E-state index >= 15 is 0 Å². The highest BCUT2D eigenvalue weighted by Gasteiger charge is 2.11. The van der Waals surface area contributed by atoms with Gasteiger partial charge in [-0.15, -0.1) is 11.3 Å². The highest BCUT2D eigenvalue weighted by molar-refractivity contribution is 7.09. The summed E-state index contributed by atoms with van der Waals surface area (Å²) in [6.45, 7) is 0.397. The van der Waals surface area contributed by atoms with Crippen molar-refractivity contribution < 1.29 is 14.4 Å². The van der Waals surface area contributed by atoms with E-state index in [2.05, 4.69) is 16.0 Å². The van der Waals surface area contributed by atoms with Crippen molar-refractivity contribution in [1.29, 1.82) is 0 Å². The van der Waals surface area contributed by atoms with Gasteiger partial charge >= 0.3 is 6.03 Å². The van der Waals surface area contributed by atoms with Crippen LogP contribution >= 0.6 is 11.3 Å². The minimum absolute atomic E-state index is 0.0289. The van der Waals surface area contributed by atoms with E-state index in [-0.39, 0.29) is 18.9 Å². The molecule has 4 amide bonds. The Morgan fingerprint density at radius 1 is 1.07 bits per heavy atom. The number of thiophene rings is 1. The lowest BCUT2D eigenvalue weighted by atomic mass is 10.1. The van der Waals surface area contributed by atoms with E-state index in [0.29, 0.717) is 12.2 Å². The van der Waals surface area contributed by atoms with Gasteiger partial charge in [0.1, 0.15) is 0 Å². The lowest BCUT2D eigenvalue weighted by Gasteiger charge is -2.14. The molecule has 0 saturated carbocycles. The quantitative estimate of drug-likeness (QED) is 0.644. The third-order valence-corrected chi connectivity index (χ3v) is 4.72. The van der Waals surface area contributed by atoms with Gasteiger partial charge in [-0.1, -0.05) is 24.3 Å². The number of rotatable bonds is 8. The van der Waals surface area contributed by atoms with Crippen molar-refractivity contribution in [3.63, 3.8) is 0 Å². The number of hydrogen-bond acceptors (Lipinski definition) is 5. The molecule has 0 aliphatic carbocycles. The maximum absolute atomic E-state index is 12.0. The van der Waals surface area contributed by atoms with Gasteiger partial charge in [0, 0.05) is 31.2 Å². The van der Waals surface area contributed by atoms with Crippen molar-refractivity contribution in [3.05, 3.63) is 52.2 Å². The van der Waals surface area contributed by atoms with E-state index < -0.39 is 11.9 Å². The normalized spacial score (nSPS) is 10.1. The Morgan fingerprint density at radius 2 is 1.85 bits per heavy atom. The summed E-state index contributed by atoms with van der Waals surface area (Å²) in [5.41, 5.74) is 1.49. The number of likely N-dealkylation sites (N-methyl/N-ethyl adjacent to an activating group) is 1. The fourth-order valence-electron chi connectivity index (χ4n) is 2.31. The van der Waals surface area contributed by atoms with Crippen molar-refractivity contribution in [1.82, 2.24) is 15.5 Å². The monoisotopic (exact) mass is 388 g/mol. The van der Waals surface area contributed by atoms with Gasteiger partial charge < -0.3 is 15.5 Å². The molecule has 144 valence electrons. The molecule has 0 spiro atoms. The Hall–Kier alpha value is -2.87. The predicted octanol–water partition coefficient (Wildman–Crippen LogP) is 1.86. The lowest BCUT2D eigenvalue weighted by molar-refractivity contribution is -0.128. The van der Waals surface area contributed by atoms with Crippen LogP contribution in [0.3, 0.4) is 0 Å². The number of hydrogen-bond donors (Lipinski definition) is 3. The van der Waals surface area contributed by atoms with Crippen LogP contribution in [0, 0.1) is 0 Å². The lowest BCUT2D eigenvalue weighted by Crippen LogP contribution is -2.42. The first kappa shape index (κ1) is 20.4. The second-order valence-electron chi connectivity index (χ2n) is 6.11. The first-order chi connectivity index (χ1) is 13.0. The van der Waals surface area contributed by atoms with Gasteiger partial charge in [0.2, 0.25) is 11.8 Å². The fraction of sp³-hybridized carbons (Fsp3) is 0.316. The molecule has 0 aliphatic heterocycles. The van der Waals surface area contributed by atoms with Crippen LogP contribution < -0.4 is 16.0 Å². The van der Waals surface area contributed by atoms with E-state index in [1.165, 1.54) is 9.78 Å². The van der Waals surface area contributed by atoms with Gasteiger partial charge in [0.05, 0.1) is 13.0 Å². The Balaban J connectivity index is 1.76. The predicted molar refractivity (Wildman–Crippen MR) is 107 cm³/mol. The zero-order valence-electron chi connectivity index (χ0n) is 15.5. The highest BCUT2D eigenvalue weighted by atomic mass is 32.1. The van der Waals surface area contributed by atoms with Gasteiger partial charge in [0.15, 0.2) is 0 Å². The summed E-state index contributed by atoms with van der Waals surface area (Å²) in [6.07, 6.45) is 0.964. The van der Waals surface area contributed by atoms with Gasteiger partial charge in [-0.3, -0.25) is 14.9 Å². The number of nitrogens with one attached hydrogen (secondary N) is 3. The summed E-state index contributed by atoms with van der Waals surface area (Å²) in [7, 11) is 3.39. The smallest absolute Gasteiger partial charge is 0.321 e. The van der Waals surface area contributed by atoms with E-state index in [1.807, 2.05) is 35.7 Å². The van der Waals surface area contributed by atoms with Crippen LogP contribution in [0.1, 0.15) is 10.4 Å². The molecule has 2 aromatic rings. The molecule has 3 N–H and O–H groups in total. The molecule has 8 heteroatoms. The maximum atomic E-state index is 12.0. The van der Waals surface area contributed by atoms with Crippen molar-refractivity contribution in [2.24, 2.45) is 0 Å². The van der Waals surface area contributed by atoms with Gasteiger partial charge in [-0.25, -0.2) is 4.79 Å². The van der Waals surface area contributed by atoms with Crippen LogP contribution in [0.5, 0.6) is 0 Å². The van der Waals surface area contributed by atoms with Crippen molar-refractivity contribution in [3.8, 4) is 0 Å². The molecular weight excluding hydrogens is 364 g/mol. The zero-order valence-corrected chi connectivity index (χ0v) is 16.3. The number of anilines is 1. The van der Waals surface area contributed by atoms with Crippen LogP contribution in [0.4, 0.5) is 10.5 Å². The molecule has 0 atom stereocenters. The van der Waals surface area contributed by atoms with Crippen molar-refractivity contribution >= 4 is 34.9 Å². The van der Waals surface area contributed by atoms with Crippen LogP contribution in [0.2, 0.25) is 0 Å². The third-order valence-electron chi connectivity index (χ3n) is 3.79. The number of para-hydroxylation sites is 1. The van der Waals surface area contributed by atoms with Gasteiger partial charge in [-0.05, 0) is 29.5 Å². The number of carbonyl (C=O) groups is 3. The van der Waals surface area contributed by atoms with Crippen LogP contribution in [-0.4, -0.2) is 49.9 Å². The Morgan fingerprint density at radius 3 is 2.56 bits per heavy atom. The first-order valence-corrected chi connectivity index (χ1v) is 9.45. The fourth-order valence-corrected chi connectivity index (χ4v) is 3.02.